The molecule has 1 aromatic carbocycles. The van der Waals surface area contributed by atoms with E-state index in [2.05, 4.69) is 26.6 Å². The molecule has 0 saturated carbocycles. The predicted octanol–water partition coefficient (Wildman–Crippen LogP) is 0.787. The number of benzene rings is 1. The van der Waals surface area contributed by atoms with E-state index >= 15 is 0 Å². The van der Waals surface area contributed by atoms with E-state index in [0.717, 1.165) is 19.4 Å². The molecular formula is C11H14BrN3O3S. The topological polar surface area (TPSA) is 101 Å². The zero-order valence-electron chi connectivity index (χ0n) is 10.0. The molecule has 0 aliphatic carbocycles. The number of primary sulfonamides is 1. The second-order valence-electron chi connectivity index (χ2n) is 4.32. The normalized spacial score (nSPS) is 19.4. The van der Waals surface area contributed by atoms with Crippen LogP contribution in [0, 0.1) is 0 Å². The van der Waals surface area contributed by atoms with Gasteiger partial charge in [0.15, 0.2) is 0 Å². The first-order chi connectivity index (χ1) is 8.88. The first-order valence-corrected chi connectivity index (χ1v) is 8.08. The number of carbonyl (C=O) groups excluding carboxylic acids is 1. The number of carbonyl (C=O) groups is 1. The van der Waals surface area contributed by atoms with Crippen molar-refractivity contribution in [1.29, 1.82) is 0 Å². The van der Waals surface area contributed by atoms with Gasteiger partial charge in [-0.1, -0.05) is 0 Å². The summed E-state index contributed by atoms with van der Waals surface area (Å²) >= 11 is 3.22. The van der Waals surface area contributed by atoms with Crippen molar-refractivity contribution >= 4 is 37.5 Å². The smallest absolute Gasteiger partial charge is 0.241 e. The summed E-state index contributed by atoms with van der Waals surface area (Å²) in [5.41, 5.74) is 0.520. The molecule has 1 amide bonds. The van der Waals surface area contributed by atoms with Gasteiger partial charge in [0, 0.05) is 4.47 Å². The third kappa shape index (κ3) is 3.53. The fourth-order valence-electron chi connectivity index (χ4n) is 1.90. The molecule has 0 bridgehead atoms. The highest BCUT2D eigenvalue weighted by molar-refractivity contribution is 9.10. The van der Waals surface area contributed by atoms with Crippen LogP contribution in [-0.2, 0) is 14.8 Å². The van der Waals surface area contributed by atoms with E-state index in [0.29, 0.717) is 10.2 Å². The molecule has 2 rings (SSSR count). The van der Waals surface area contributed by atoms with Gasteiger partial charge < -0.3 is 10.6 Å². The highest BCUT2D eigenvalue weighted by Crippen LogP contribution is 2.25. The Labute approximate surface area is 119 Å². The lowest BCUT2D eigenvalue weighted by molar-refractivity contribution is -0.117. The fraction of sp³-hybridized carbons (Fsp3) is 0.364. The third-order valence-corrected chi connectivity index (χ3v) is 4.47. The van der Waals surface area contributed by atoms with Crippen LogP contribution in [0.1, 0.15) is 12.8 Å². The maximum absolute atomic E-state index is 11.9. The number of anilines is 1. The molecule has 1 aromatic rings. The molecular weight excluding hydrogens is 334 g/mol. The van der Waals surface area contributed by atoms with Crippen LogP contribution in [-0.4, -0.2) is 26.9 Å². The summed E-state index contributed by atoms with van der Waals surface area (Å²) in [4.78, 5) is 11.9. The van der Waals surface area contributed by atoms with Crippen molar-refractivity contribution in [3.8, 4) is 0 Å². The molecule has 0 spiro atoms. The second-order valence-corrected chi connectivity index (χ2v) is 6.74. The van der Waals surface area contributed by atoms with Gasteiger partial charge in [0.1, 0.15) is 0 Å². The Morgan fingerprint density at radius 3 is 2.74 bits per heavy atom. The van der Waals surface area contributed by atoms with Crippen LogP contribution < -0.4 is 15.8 Å². The Balaban J connectivity index is 2.15. The van der Waals surface area contributed by atoms with Crippen LogP contribution >= 0.6 is 15.9 Å². The summed E-state index contributed by atoms with van der Waals surface area (Å²) in [6, 6.07) is 4.05. The van der Waals surface area contributed by atoms with Crippen molar-refractivity contribution in [3.63, 3.8) is 0 Å². The van der Waals surface area contributed by atoms with Gasteiger partial charge in [-0.15, -0.1) is 0 Å². The summed E-state index contributed by atoms with van der Waals surface area (Å²) in [5.74, 6) is -0.124. The minimum atomic E-state index is -3.74. The van der Waals surface area contributed by atoms with E-state index in [9.17, 15) is 13.2 Å². The highest BCUT2D eigenvalue weighted by atomic mass is 79.9. The first-order valence-electron chi connectivity index (χ1n) is 5.74. The standard InChI is InChI=1S/C11H14BrN3O3S/c12-8-6-7(19(13,17)18)3-4-9(8)15-11(16)10-2-1-5-14-10/h3-4,6,10,14H,1-2,5H2,(H,15,16)(H2,13,17,18). The molecule has 1 heterocycles. The number of nitrogens with two attached hydrogens (primary N) is 1. The van der Waals surface area contributed by atoms with Crippen LogP contribution in [0.4, 0.5) is 5.69 Å². The monoisotopic (exact) mass is 347 g/mol. The van der Waals surface area contributed by atoms with Crippen LogP contribution in [0.3, 0.4) is 0 Å². The van der Waals surface area contributed by atoms with E-state index in [4.69, 9.17) is 5.14 Å². The zero-order chi connectivity index (χ0) is 14.0. The Bertz CT molecular complexity index is 597. The number of halogens is 1. The number of rotatable bonds is 3. The number of nitrogens with one attached hydrogen (secondary N) is 2. The highest BCUT2D eigenvalue weighted by Gasteiger charge is 2.22. The quantitative estimate of drug-likeness (QED) is 0.752. The molecule has 1 unspecified atom stereocenters. The van der Waals surface area contributed by atoms with Crippen LogP contribution in [0.5, 0.6) is 0 Å². The molecule has 1 aliphatic rings. The lowest BCUT2D eigenvalue weighted by atomic mass is 10.2. The number of hydrogen-bond acceptors (Lipinski definition) is 4. The van der Waals surface area contributed by atoms with Crippen molar-refractivity contribution in [1.82, 2.24) is 5.32 Å². The van der Waals surface area contributed by atoms with E-state index in [1.54, 1.807) is 0 Å². The largest absolute Gasteiger partial charge is 0.324 e. The Morgan fingerprint density at radius 2 is 2.21 bits per heavy atom. The second kappa shape index (κ2) is 5.58. The summed E-state index contributed by atoms with van der Waals surface area (Å²) in [6.45, 7) is 0.837. The fourth-order valence-corrected chi connectivity index (χ4v) is 3.07. The molecule has 0 radical (unpaired) electrons. The summed E-state index contributed by atoms with van der Waals surface area (Å²) in [6.07, 6.45) is 1.78. The van der Waals surface area contributed by atoms with Gasteiger partial charge in [-0.3, -0.25) is 4.79 Å². The van der Waals surface area contributed by atoms with Crippen LogP contribution in [0.25, 0.3) is 0 Å². The zero-order valence-corrected chi connectivity index (χ0v) is 12.4. The molecule has 1 aliphatic heterocycles. The van der Waals surface area contributed by atoms with E-state index in [1.807, 2.05) is 0 Å². The molecule has 0 aromatic heterocycles. The van der Waals surface area contributed by atoms with Crippen molar-refractivity contribution in [2.75, 3.05) is 11.9 Å². The average Bonchev–Trinajstić information content (AvgIpc) is 2.84. The van der Waals surface area contributed by atoms with E-state index in [1.165, 1.54) is 18.2 Å². The maximum Gasteiger partial charge on any atom is 0.241 e. The van der Waals surface area contributed by atoms with E-state index < -0.39 is 10.0 Å². The molecule has 1 saturated heterocycles. The van der Waals surface area contributed by atoms with Crippen LogP contribution in [0.2, 0.25) is 0 Å². The lowest BCUT2D eigenvalue weighted by Gasteiger charge is -2.12. The molecule has 1 fully saturated rings. The van der Waals surface area contributed by atoms with Crippen molar-refractivity contribution in [2.45, 2.75) is 23.8 Å². The van der Waals surface area contributed by atoms with Gasteiger partial charge in [-0.05, 0) is 53.5 Å². The summed E-state index contributed by atoms with van der Waals surface area (Å²) in [5, 5.41) is 10.9. The number of amides is 1. The predicted molar refractivity (Wildman–Crippen MR) is 75.2 cm³/mol. The number of sulfonamides is 1. The first kappa shape index (κ1) is 14.4. The minimum absolute atomic E-state index is 0.00337. The molecule has 4 N–H and O–H groups in total. The van der Waals surface area contributed by atoms with Crippen molar-refractivity contribution < 1.29 is 13.2 Å². The van der Waals surface area contributed by atoms with Crippen molar-refractivity contribution in [2.24, 2.45) is 5.14 Å². The van der Waals surface area contributed by atoms with Gasteiger partial charge in [-0.25, -0.2) is 13.6 Å². The molecule has 104 valence electrons. The lowest BCUT2D eigenvalue weighted by Crippen LogP contribution is -2.35. The van der Waals surface area contributed by atoms with Gasteiger partial charge in [0.05, 0.1) is 16.6 Å². The maximum atomic E-state index is 11.9. The van der Waals surface area contributed by atoms with Crippen LogP contribution in [0.15, 0.2) is 27.6 Å². The van der Waals surface area contributed by atoms with Gasteiger partial charge >= 0.3 is 0 Å². The number of hydrogen-bond donors (Lipinski definition) is 3. The van der Waals surface area contributed by atoms with E-state index in [-0.39, 0.29) is 16.8 Å². The Kier molecular flexibility index (Phi) is 4.24. The molecule has 19 heavy (non-hydrogen) atoms. The SMILES string of the molecule is NS(=O)(=O)c1ccc(NC(=O)C2CCCN2)c(Br)c1. The van der Waals surface area contributed by atoms with Gasteiger partial charge in [0.25, 0.3) is 0 Å². The molecule has 6 nitrogen and oxygen atoms in total. The van der Waals surface area contributed by atoms with Gasteiger partial charge in [-0.2, -0.15) is 0 Å². The Morgan fingerprint density at radius 1 is 1.47 bits per heavy atom. The summed E-state index contributed by atoms with van der Waals surface area (Å²) < 4.78 is 22.9. The minimum Gasteiger partial charge on any atom is -0.324 e. The summed E-state index contributed by atoms with van der Waals surface area (Å²) in [7, 11) is -3.74. The molecule has 1 atom stereocenters. The molecule has 8 heteroatoms. The Hall–Kier alpha value is -0.960. The van der Waals surface area contributed by atoms with Gasteiger partial charge in [0.2, 0.25) is 15.9 Å². The third-order valence-electron chi connectivity index (χ3n) is 2.90. The van der Waals surface area contributed by atoms with Crippen molar-refractivity contribution in [3.05, 3.63) is 22.7 Å². The average molecular weight is 348 g/mol.